The number of esters is 1. The maximum atomic E-state index is 13.5. The molecule has 0 fully saturated rings. The summed E-state index contributed by atoms with van der Waals surface area (Å²) in [6.45, 7) is 0. The highest BCUT2D eigenvalue weighted by atomic mass is 19.3. The summed E-state index contributed by atoms with van der Waals surface area (Å²) in [5.74, 6) is -3.93. The molecule has 0 spiro atoms. The number of pyridine rings is 1. The lowest BCUT2D eigenvalue weighted by Crippen LogP contribution is -2.11. The lowest BCUT2D eigenvalue weighted by atomic mass is 10.1. The SMILES string of the molecule is COC(=O)Cc1cnc([N+](=O)[O-])c(F)c1C(F)F. The zero-order valence-corrected chi connectivity index (χ0v) is 9.02. The van der Waals surface area contributed by atoms with Gasteiger partial charge in [-0.2, -0.15) is 4.39 Å². The molecule has 0 aromatic carbocycles. The Balaban J connectivity index is 3.32. The fourth-order valence-electron chi connectivity index (χ4n) is 1.26. The summed E-state index contributed by atoms with van der Waals surface area (Å²) in [6, 6.07) is 0. The number of carbonyl (C=O) groups excluding carboxylic acids is 1. The molecule has 0 unspecified atom stereocenters. The molecule has 0 saturated carbocycles. The number of carbonyl (C=O) groups is 1. The fraction of sp³-hybridized carbons (Fsp3) is 0.333. The van der Waals surface area contributed by atoms with Gasteiger partial charge in [0.15, 0.2) is 0 Å². The van der Waals surface area contributed by atoms with Crippen LogP contribution in [-0.4, -0.2) is 23.0 Å². The Bertz CT molecular complexity index is 493. The summed E-state index contributed by atoms with van der Waals surface area (Å²) < 4.78 is 43.0. The van der Waals surface area contributed by atoms with Crippen LogP contribution in [0.3, 0.4) is 0 Å². The van der Waals surface area contributed by atoms with Crippen molar-refractivity contribution in [3.63, 3.8) is 0 Å². The number of rotatable bonds is 4. The normalized spacial score (nSPS) is 10.5. The molecule has 0 atom stereocenters. The molecule has 0 amide bonds. The predicted octanol–water partition coefficient (Wildman–Crippen LogP) is 1.78. The highest BCUT2D eigenvalue weighted by Crippen LogP contribution is 2.30. The van der Waals surface area contributed by atoms with Crippen LogP contribution in [0, 0.1) is 15.9 Å². The molecule has 1 aromatic rings. The fourth-order valence-corrected chi connectivity index (χ4v) is 1.26. The van der Waals surface area contributed by atoms with Crippen LogP contribution in [0.25, 0.3) is 0 Å². The van der Waals surface area contributed by atoms with Crippen molar-refractivity contribution in [2.75, 3.05) is 7.11 Å². The summed E-state index contributed by atoms with van der Waals surface area (Å²) >= 11 is 0. The van der Waals surface area contributed by atoms with Gasteiger partial charge in [0, 0.05) is 5.56 Å². The van der Waals surface area contributed by atoms with E-state index in [2.05, 4.69) is 9.72 Å². The molecule has 0 N–H and O–H groups in total. The smallest absolute Gasteiger partial charge is 0.400 e. The van der Waals surface area contributed by atoms with E-state index in [1.807, 2.05) is 0 Å². The van der Waals surface area contributed by atoms with Crippen LogP contribution >= 0.6 is 0 Å². The van der Waals surface area contributed by atoms with Gasteiger partial charge in [-0.3, -0.25) is 4.79 Å². The second-order valence-electron chi connectivity index (χ2n) is 3.15. The van der Waals surface area contributed by atoms with E-state index in [-0.39, 0.29) is 0 Å². The summed E-state index contributed by atoms with van der Waals surface area (Å²) in [4.78, 5) is 23.2. The minimum atomic E-state index is -3.30. The van der Waals surface area contributed by atoms with E-state index in [4.69, 9.17) is 0 Å². The molecule has 0 aliphatic carbocycles. The Hall–Kier alpha value is -2.19. The Morgan fingerprint density at radius 3 is 2.67 bits per heavy atom. The van der Waals surface area contributed by atoms with Crippen molar-refractivity contribution < 1.29 is 27.6 Å². The first-order valence-corrected chi connectivity index (χ1v) is 4.55. The monoisotopic (exact) mass is 264 g/mol. The van der Waals surface area contributed by atoms with E-state index in [1.165, 1.54) is 0 Å². The third-order valence-corrected chi connectivity index (χ3v) is 2.08. The van der Waals surface area contributed by atoms with E-state index < -0.39 is 46.5 Å². The van der Waals surface area contributed by atoms with Gasteiger partial charge < -0.3 is 14.9 Å². The number of hydrogen-bond acceptors (Lipinski definition) is 5. The van der Waals surface area contributed by atoms with Crippen LogP contribution in [0.1, 0.15) is 17.6 Å². The highest BCUT2D eigenvalue weighted by molar-refractivity contribution is 5.73. The highest BCUT2D eigenvalue weighted by Gasteiger charge is 2.29. The van der Waals surface area contributed by atoms with Crippen LogP contribution in [0.5, 0.6) is 0 Å². The number of nitrogens with zero attached hydrogens (tertiary/aromatic N) is 2. The van der Waals surface area contributed by atoms with E-state index in [1.54, 1.807) is 0 Å². The molecule has 6 nitrogen and oxygen atoms in total. The van der Waals surface area contributed by atoms with Crippen molar-refractivity contribution in [3.8, 4) is 0 Å². The van der Waals surface area contributed by atoms with Gasteiger partial charge >= 0.3 is 11.8 Å². The Morgan fingerprint density at radius 1 is 1.61 bits per heavy atom. The van der Waals surface area contributed by atoms with Gasteiger partial charge in [-0.25, -0.2) is 8.78 Å². The molecule has 1 rings (SSSR count). The second kappa shape index (κ2) is 5.43. The van der Waals surface area contributed by atoms with Crippen molar-refractivity contribution in [1.82, 2.24) is 4.98 Å². The average molecular weight is 264 g/mol. The van der Waals surface area contributed by atoms with Gasteiger partial charge in [-0.15, -0.1) is 0 Å². The first-order chi connectivity index (χ1) is 8.38. The molecular formula is C9H7F3N2O4. The van der Waals surface area contributed by atoms with Crippen LogP contribution in [0.4, 0.5) is 19.0 Å². The zero-order valence-electron chi connectivity index (χ0n) is 9.02. The number of halogens is 3. The number of methoxy groups -OCH3 is 1. The lowest BCUT2D eigenvalue weighted by Gasteiger charge is -2.07. The molecule has 98 valence electrons. The van der Waals surface area contributed by atoms with Crippen LogP contribution < -0.4 is 0 Å². The number of hydrogen-bond donors (Lipinski definition) is 0. The quantitative estimate of drug-likeness (QED) is 0.470. The van der Waals surface area contributed by atoms with Gasteiger partial charge in [-0.1, -0.05) is 0 Å². The van der Waals surface area contributed by atoms with Crippen molar-refractivity contribution in [1.29, 1.82) is 0 Å². The number of ether oxygens (including phenoxy) is 1. The van der Waals surface area contributed by atoms with E-state index >= 15 is 0 Å². The molecule has 0 saturated heterocycles. The van der Waals surface area contributed by atoms with Gasteiger partial charge in [0.2, 0.25) is 5.82 Å². The maximum Gasteiger partial charge on any atom is 0.400 e. The van der Waals surface area contributed by atoms with Crippen molar-refractivity contribution in [2.24, 2.45) is 0 Å². The average Bonchev–Trinajstić information content (AvgIpc) is 2.27. The van der Waals surface area contributed by atoms with Crippen molar-refractivity contribution in [3.05, 3.63) is 33.3 Å². The third-order valence-electron chi connectivity index (χ3n) is 2.08. The summed E-state index contributed by atoms with van der Waals surface area (Å²) in [7, 11) is 1.03. The first kappa shape index (κ1) is 13.9. The summed E-state index contributed by atoms with van der Waals surface area (Å²) in [6.07, 6.45) is -3.27. The molecule has 9 heteroatoms. The molecule has 0 radical (unpaired) electrons. The topological polar surface area (TPSA) is 82.3 Å². The predicted molar refractivity (Wildman–Crippen MR) is 51.5 cm³/mol. The first-order valence-electron chi connectivity index (χ1n) is 4.55. The van der Waals surface area contributed by atoms with Crippen molar-refractivity contribution in [2.45, 2.75) is 12.8 Å². The van der Waals surface area contributed by atoms with Gasteiger partial charge in [0.25, 0.3) is 6.43 Å². The van der Waals surface area contributed by atoms with Crippen molar-refractivity contribution >= 4 is 11.8 Å². The minimum absolute atomic E-state index is 0.444. The molecule has 18 heavy (non-hydrogen) atoms. The van der Waals surface area contributed by atoms with E-state index in [0.717, 1.165) is 7.11 Å². The van der Waals surface area contributed by atoms with Crippen LogP contribution in [-0.2, 0) is 16.0 Å². The maximum absolute atomic E-state index is 13.5. The molecule has 0 aliphatic rings. The molecule has 0 bridgehead atoms. The Morgan fingerprint density at radius 2 is 2.22 bits per heavy atom. The van der Waals surface area contributed by atoms with E-state index in [0.29, 0.717) is 6.20 Å². The third kappa shape index (κ3) is 2.73. The number of aromatic nitrogens is 1. The van der Waals surface area contributed by atoms with Gasteiger partial charge in [0.1, 0.15) is 6.20 Å². The lowest BCUT2D eigenvalue weighted by molar-refractivity contribution is -0.392. The Labute approximate surface area is 98.5 Å². The summed E-state index contributed by atoms with van der Waals surface area (Å²) in [5.41, 5.74) is -1.65. The minimum Gasteiger partial charge on any atom is -0.469 e. The Kier molecular flexibility index (Phi) is 4.18. The van der Waals surface area contributed by atoms with E-state index in [9.17, 15) is 28.1 Å². The standard InChI is InChI=1S/C9H7F3N2O4/c1-18-5(15)2-4-3-13-9(14(16)17)7(10)6(4)8(11)12/h3,8H,2H2,1H3. The number of nitro groups is 1. The van der Waals surface area contributed by atoms with Crippen LogP contribution in [0.15, 0.2) is 6.20 Å². The zero-order chi connectivity index (χ0) is 13.9. The summed E-state index contributed by atoms with van der Waals surface area (Å²) in [5, 5.41) is 10.4. The molecular weight excluding hydrogens is 257 g/mol. The second-order valence-corrected chi connectivity index (χ2v) is 3.15. The molecule has 0 aliphatic heterocycles. The number of alkyl halides is 2. The largest absolute Gasteiger partial charge is 0.469 e. The molecule has 1 heterocycles. The van der Waals surface area contributed by atoms with Crippen LogP contribution in [0.2, 0.25) is 0 Å². The molecule has 1 aromatic heterocycles. The van der Waals surface area contributed by atoms with Gasteiger partial charge in [-0.05, 0) is 9.91 Å². The van der Waals surface area contributed by atoms with Gasteiger partial charge in [0.05, 0.1) is 19.1 Å².